The lowest BCUT2D eigenvalue weighted by molar-refractivity contribution is -0.123. The average Bonchev–Trinajstić information content (AvgIpc) is 1.98. The molecule has 0 bridgehead atoms. The number of carbonyl (C=O) groups is 2. The first kappa shape index (κ1) is 14.7. The standard InChI is InChI=1S/C11H23N3O2/c1-7(2)12-9(15)8(3)13-10(16)14-11(4,5)6/h7-8H,1-6H3,(H,12,15)(H2,13,14,16). The van der Waals surface area contributed by atoms with Crippen molar-refractivity contribution >= 4 is 11.9 Å². The zero-order valence-corrected chi connectivity index (χ0v) is 11.0. The monoisotopic (exact) mass is 229 g/mol. The molecule has 94 valence electrons. The number of hydrogen-bond donors (Lipinski definition) is 3. The topological polar surface area (TPSA) is 70.2 Å². The Morgan fingerprint density at radius 3 is 1.88 bits per heavy atom. The van der Waals surface area contributed by atoms with Crippen LogP contribution in [-0.4, -0.2) is 29.6 Å². The number of amides is 3. The predicted molar refractivity (Wildman–Crippen MR) is 64.2 cm³/mol. The van der Waals surface area contributed by atoms with Crippen molar-refractivity contribution in [2.75, 3.05) is 0 Å². The van der Waals surface area contributed by atoms with E-state index in [1.165, 1.54) is 0 Å². The Hall–Kier alpha value is -1.26. The summed E-state index contributed by atoms with van der Waals surface area (Å²) >= 11 is 0. The maximum absolute atomic E-state index is 11.5. The SMILES string of the molecule is CC(C)NC(=O)C(C)NC(=O)NC(C)(C)C. The lowest BCUT2D eigenvalue weighted by Crippen LogP contribution is -2.53. The zero-order valence-electron chi connectivity index (χ0n) is 11.0. The van der Waals surface area contributed by atoms with Crippen LogP contribution in [0.15, 0.2) is 0 Å². The van der Waals surface area contributed by atoms with Crippen LogP contribution < -0.4 is 16.0 Å². The molecule has 0 aliphatic heterocycles. The molecule has 3 amide bonds. The second-order valence-corrected chi connectivity index (χ2v) is 5.23. The number of urea groups is 1. The summed E-state index contributed by atoms with van der Waals surface area (Å²) in [5.41, 5.74) is -0.307. The highest BCUT2D eigenvalue weighted by Gasteiger charge is 2.19. The van der Waals surface area contributed by atoms with E-state index in [1.807, 2.05) is 34.6 Å². The van der Waals surface area contributed by atoms with Crippen LogP contribution in [0.1, 0.15) is 41.5 Å². The summed E-state index contributed by atoms with van der Waals surface area (Å²) < 4.78 is 0. The second kappa shape index (κ2) is 5.72. The van der Waals surface area contributed by atoms with Crippen LogP contribution >= 0.6 is 0 Å². The molecule has 0 heterocycles. The van der Waals surface area contributed by atoms with E-state index in [0.29, 0.717) is 0 Å². The number of hydrogen-bond acceptors (Lipinski definition) is 2. The summed E-state index contributed by atoms with van der Waals surface area (Å²) in [5, 5.41) is 8.04. The van der Waals surface area contributed by atoms with Gasteiger partial charge in [0.15, 0.2) is 0 Å². The summed E-state index contributed by atoms with van der Waals surface area (Å²) in [6.07, 6.45) is 0. The lowest BCUT2D eigenvalue weighted by Gasteiger charge is -2.23. The van der Waals surface area contributed by atoms with Gasteiger partial charge in [-0.3, -0.25) is 4.79 Å². The van der Waals surface area contributed by atoms with Crippen molar-refractivity contribution in [1.82, 2.24) is 16.0 Å². The van der Waals surface area contributed by atoms with Crippen molar-refractivity contribution in [3.8, 4) is 0 Å². The Labute approximate surface area is 97.4 Å². The second-order valence-electron chi connectivity index (χ2n) is 5.23. The van der Waals surface area contributed by atoms with Gasteiger partial charge in [-0.2, -0.15) is 0 Å². The minimum absolute atomic E-state index is 0.0717. The molecule has 0 rings (SSSR count). The Morgan fingerprint density at radius 2 is 1.50 bits per heavy atom. The summed E-state index contributed by atoms with van der Waals surface area (Å²) in [7, 11) is 0. The fourth-order valence-corrected chi connectivity index (χ4v) is 1.05. The van der Waals surface area contributed by atoms with Crippen LogP contribution in [0.4, 0.5) is 4.79 Å². The molecule has 0 saturated heterocycles. The van der Waals surface area contributed by atoms with Crippen molar-refractivity contribution in [1.29, 1.82) is 0 Å². The summed E-state index contributed by atoms with van der Waals surface area (Å²) in [5.74, 6) is -0.181. The highest BCUT2D eigenvalue weighted by Crippen LogP contribution is 1.97. The molecule has 0 aliphatic carbocycles. The highest BCUT2D eigenvalue weighted by molar-refractivity contribution is 5.86. The zero-order chi connectivity index (χ0) is 12.9. The third kappa shape index (κ3) is 7.09. The molecule has 3 N–H and O–H groups in total. The smallest absolute Gasteiger partial charge is 0.315 e. The molecule has 0 aromatic carbocycles. The van der Waals surface area contributed by atoms with Crippen molar-refractivity contribution in [3.05, 3.63) is 0 Å². The van der Waals surface area contributed by atoms with E-state index in [9.17, 15) is 9.59 Å². The fourth-order valence-electron chi connectivity index (χ4n) is 1.05. The summed E-state index contributed by atoms with van der Waals surface area (Å²) in [6.45, 7) is 11.0. The number of nitrogens with one attached hydrogen (secondary N) is 3. The first-order valence-electron chi connectivity index (χ1n) is 5.51. The predicted octanol–water partition coefficient (Wildman–Crippen LogP) is 0.997. The minimum Gasteiger partial charge on any atom is -0.352 e. The Kier molecular flexibility index (Phi) is 5.27. The maximum atomic E-state index is 11.5. The molecular formula is C11H23N3O2. The van der Waals surface area contributed by atoms with Gasteiger partial charge in [-0.25, -0.2) is 4.79 Å². The molecule has 0 aliphatic rings. The first-order valence-corrected chi connectivity index (χ1v) is 5.51. The largest absolute Gasteiger partial charge is 0.352 e. The van der Waals surface area contributed by atoms with Crippen LogP contribution in [0.3, 0.4) is 0 Å². The molecule has 1 unspecified atom stereocenters. The van der Waals surface area contributed by atoms with Gasteiger partial charge in [0.25, 0.3) is 0 Å². The van der Waals surface area contributed by atoms with E-state index in [-0.39, 0.29) is 23.5 Å². The van der Waals surface area contributed by atoms with Gasteiger partial charge in [0, 0.05) is 11.6 Å². The van der Waals surface area contributed by atoms with Gasteiger partial charge in [0.1, 0.15) is 6.04 Å². The van der Waals surface area contributed by atoms with Crippen molar-refractivity contribution in [2.24, 2.45) is 0 Å². The molecule has 5 nitrogen and oxygen atoms in total. The molecule has 5 heteroatoms. The molecule has 0 saturated carbocycles. The molecule has 0 radical (unpaired) electrons. The van der Waals surface area contributed by atoms with Gasteiger partial charge in [0.2, 0.25) is 5.91 Å². The fraction of sp³-hybridized carbons (Fsp3) is 0.818. The van der Waals surface area contributed by atoms with Gasteiger partial charge in [-0.15, -0.1) is 0 Å². The summed E-state index contributed by atoms with van der Waals surface area (Å²) in [6, 6.07) is -0.800. The third-order valence-corrected chi connectivity index (χ3v) is 1.66. The normalized spacial score (nSPS) is 13.2. The molecule has 0 aromatic rings. The van der Waals surface area contributed by atoms with Gasteiger partial charge >= 0.3 is 6.03 Å². The van der Waals surface area contributed by atoms with Crippen LogP contribution in [0, 0.1) is 0 Å². The highest BCUT2D eigenvalue weighted by atomic mass is 16.2. The van der Waals surface area contributed by atoms with Gasteiger partial charge in [-0.1, -0.05) is 0 Å². The minimum atomic E-state index is -0.537. The van der Waals surface area contributed by atoms with E-state index in [2.05, 4.69) is 16.0 Å². The van der Waals surface area contributed by atoms with E-state index in [4.69, 9.17) is 0 Å². The Morgan fingerprint density at radius 1 is 1.00 bits per heavy atom. The quantitative estimate of drug-likeness (QED) is 0.675. The maximum Gasteiger partial charge on any atom is 0.315 e. The Bertz CT molecular complexity index is 256. The molecule has 16 heavy (non-hydrogen) atoms. The van der Waals surface area contributed by atoms with Gasteiger partial charge < -0.3 is 16.0 Å². The van der Waals surface area contributed by atoms with Crippen LogP contribution in [0.2, 0.25) is 0 Å². The molecular weight excluding hydrogens is 206 g/mol. The van der Waals surface area contributed by atoms with E-state index >= 15 is 0 Å². The van der Waals surface area contributed by atoms with E-state index < -0.39 is 6.04 Å². The molecule has 0 aromatic heterocycles. The van der Waals surface area contributed by atoms with Gasteiger partial charge in [-0.05, 0) is 41.5 Å². The first-order chi connectivity index (χ1) is 7.11. The number of carbonyl (C=O) groups excluding carboxylic acids is 2. The van der Waals surface area contributed by atoms with Crippen LogP contribution in [-0.2, 0) is 4.79 Å². The van der Waals surface area contributed by atoms with Crippen molar-refractivity contribution < 1.29 is 9.59 Å². The molecule has 0 fully saturated rings. The van der Waals surface area contributed by atoms with Crippen molar-refractivity contribution in [3.63, 3.8) is 0 Å². The number of rotatable bonds is 3. The Balaban J connectivity index is 4.09. The third-order valence-electron chi connectivity index (χ3n) is 1.66. The van der Waals surface area contributed by atoms with Crippen LogP contribution in [0.25, 0.3) is 0 Å². The van der Waals surface area contributed by atoms with E-state index in [0.717, 1.165) is 0 Å². The van der Waals surface area contributed by atoms with Gasteiger partial charge in [0.05, 0.1) is 0 Å². The lowest BCUT2D eigenvalue weighted by atomic mass is 10.1. The molecule has 1 atom stereocenters. The van der Waals surface area contributed by atoms with Crippen molar-refractivity contribution in [2.45, 2.75) is 59.2 Å². The van der Waals surface area contributed by atoms with E-state index in [1.54, 1.807) is 6.92 Å². The van der Waals surface area contributed by atoms with Crippen LogP contribution in [0.5, 0.6) is 0 Å². The summed E-state index contributed by atoms with van der Waals surface area (Å²) in [4.78, 5) is 23.0. The average molecular weight is 229 g/mol. The molecule has 0 spiro atoms.